The van der Waals surface area contributed by atoms with E-state index in [1.807, 2.05) is 6.07 Å². The summed E-state index contributed by atoms with van der Waals surface area (Å²) >= 11 is 0. The Kier molecular flexibility index (Phi) is 5.80. The molecule has 0 aliphatic heterocycles. The molecule has 2 N–H and O–H groups in total. The maximum Gasteiger partial charge on any atom is 0.161 e. The van der Waals surface area contributed by atoms with E-state index >= 15 is 0 Å². The van der Waals surface area contributed by atoms with Crippen molar-refractivity contribution in [3.63, 3.8) is 0 Å². The van der Waals surface area contributed by atoms with Crippen LogP contribution >= 0.6 is 0 Å². The lowest BCUT2D eigenvalue weighted by Gasteiger charge is -2.15. The summed E-state index contributed by atoms with van der Waals surface area (Å²) in [4.78, 5) is 0. The Morgan fingerprint density at radius 3 is 2.53 bits per heavy atom. The highest BCUT2D eigenvalue weighted by Gasteiger charge is 2.10. The molecule has 17 heavy (non-hydrogen) atoms. The molecule has 4 nitrogen and oxygen atoms in total. The van der Waals surface area contributed by atoms with Crippen molar-refractivity contribution in [2.24, 2.45) is 0 Å². The molecule has 0 aromatic heterocycles. The monoisotopic (exact) mass is 239 g/mol. The van der Waals surface area contributed by atoms with Crippen molar-refractivity contribution >= 4 is 0 Å². The molecule has 0 fully saturated rings. The van der Waals surface area contributed by atoms with E-state index in [1.165, 1.54) is 0 Å². The van der Waals surface area contributed by atoms with Gasteiger partial charge in [-0.1, -0.05) is 19.4 Å². The summed E-state index contributed by atoms with van der Waals surface area (Å²) in [6.45, 7) is 2.91. The molecule has 1 atom stereocenters. The van der Waals surface area contributed by atoms with Crippen LogP contribution in [-0.4, -0.2) is 25.9 Å². The minimum Gasteiger partial charge on any atom is -0.493 e. The summed E-state index contributed by atoms with van der Waals surface area (Å²) < 4.78 is 10.3. The van der Waals surface area contributed by atoms with Crippen molar-refractivity contribution in [2.45, 2.75) is 26.0 Å². The molecule has 96 valence electrons. The number of methoxy groups -OCH3 is 2. The molecule has 0 amide bonds. The second-order valence-electron chi connectivity index (χ2n) is 3.82. The Morgan fingerprint density at radius 2 is 1.94 bits per heavy atom. The van der Waals surface area contributed by atoms with E-state index in [4.69, 9.17) is 9.47 Å². The average molecular weight is 239 g/mol. The maximum absolute atomic E-state index is 9.92. The lowest BCUT2D eigenvalue weighted by atomic mass is 10.1. The van der Waals surface area contributed by atoms with Crippen molar-refractivity contribution in [3.8, 4) is 11.5 Å². The van der Waals surface area contributed by atoms with Crippen LogP contribution < -0.4 is 14.8 Å². The first kappa shape index (κ1) is 13.8. The number of benzene rings is 1. The number of rotatable bonds is 7. The van der Waals surface area contributed by atoms with Crippen LogP contribution in [-0.2, 0) is 0 Å². The summed E-state index contributed by atoms with van der Waals surface area (Å²) in [7, 11) is 3.17. The molecule has 0 heterocycles. The van der Waals surface area contributed by atoms with Crippen LogP contribution in [0.3, 0.4) is 0 Å². The van der Waals surface area contributed by atoms with Crippen molar-refractivity contribution in [3.05, 3.63) is 23.8 Å². The average Bonchev–Trinajstić information content (AvgIpc) is 2.38. The first-order valence-electron chi connectivity index (χ1n) is 5.86. The van der Waals surface area contributed by atoms with Gasteiger partial charge in [0.25, 0.3) is 0 Å². The van der Waals surface area contributed by atoms with Crippen LogP contribution in [0.15, 0.2) is 18.2 Å². The summed E-state index contributed by atoms with van der Waals surface area (Å²) in [5.74, 6) is 1.29. The fourth-order valence-electron chi connectivity index (χ4n) is 1.56. The maximum atomic E-state index is 9.92. The zero-order valence-corrected chi connectivity index (χ0v) is 10.7. The van der Waals surface area contributed by atoms with E-state index in [-0.39, 0.29) is 0 Å². The van der Waals surface area contributed by atoms with Crippen LogP contribution in [0.4, 0.5) is 0 Å². The molecule has 1 unspecified atom stereocenters. The fourth-order valence-corrected chi connectivity index (χ4v) is 1.56. The summed E-state index contributed by atoms with van der Waals surface area (Å²) in [6.07, 6.45) is 1.48. The quantitative estimate of drug-likeness (QED) is 0.565. The Morgan fingerprint density at radius 1 is 1.24 bits per heavy atom. The zero-order valence-electron chi connectivity index (χ0n) is 10.7. The summed E-state index contributed by atoms with van der Waals surface area (Å²) in [5.41, 5.74) is 0.777. The van der Waals surface area contributed by atoms with E-state index in [2.05, 4.69) is 12.2 Å². The van der Waals surface area contributed by atoms with E-state index in [9.17, 15) is 5.11 Å². The van der Waals surface area contributed by atoms with Crippen LogP contribution in [0, 0.1) is 0 Å². The molecule has 4 heteroatoms. The Bertz CT molecular complexity index is 341. The Hall–Kier alpha value is -1.26. The van der Waals surface area contributed by atoms with E-state index < -0.39 is 6.23 Å². The molecule has 0 radical (unpaired) electrons. The second kappa shape index (κ2) is 7.14. The van der Waals surface area contributed by atoms with Crippen LogP contribution in [0.1, 0.15) is 31.6 Å². The fraction of sp³-hybridized carbons (Fsp3) is 0.538. The predicted octanol–water partition coefficient (Wildman–Crippen LogP) is 2.08. The van der Waals surface area contributed by atoms with Crippen molar-refractivity contribution in [1.29, 1.82) is 0 Å². The number of unbranched alkanes of at least 4 members (excludes halogenated alkanes) is 1. The van der Waals surface area contributed by atoms with Gasteiger partial charge >= 0.3 is 0 Å². The molecule has 0 saturated carbocycles. The molecule has 0 saturated heterocycles. The first-order valence-corrected chi connectivity index (χ1v) is 5.86. The van der Waals surface area contributed by atoms with Gasteiger partial charge in [-0.05, 0) is 30.7 Å². The standard InChI is InChI=1S/C13H21NO3/c1-4-5-8-14-13(15)10-6-7-11(16-2)12(9-10)17-3/h6-7,9,13-15H,4-5,8H2,1-3H3. The lowest BCUT2D eigenvalue weighted by molar-refractivity contribution is 0.138. The van der Waals surface area contributed by atoms with Crippen molar-refractivity contribution in [2.75, 3.05) is 20.8 Å². The van der Waals surface area contributed by atoms with Gasteiger partial charge in [0.1, 0.15) is 6.23 Å². The van der Waals surface area contributed by atoms with Gasteiger partial charge in [0, 0.05) is 0 Å². The first-order chi connectivity index (χ1) is 8.22. The largest absolute Gasteiger partial charge is 0.493 e. The van der Waals surface area contributed by atoms with Gasteiger partial charge in [-0.3, -0.25) is 5.32 Å². The van der Waals surface area contributed by atoms with E-state index in [0.29, 0.717) is 11.5 Å². The van der Waals surface area contributed by atoms with Crippen LogP contribution in [0.5, 0.6) is 11.5 Å². The van der Waals surface area contributed by atoms with Crippen LogP contribution in [0.25, 0.3) is 0 Å². The minimum absolute atomic E-state index is 0.626. The SMILES string of the molecule is CCCCNC(O)c1ccc(OC)c(OC)c1. The molecule has 1 aromatic carbocycles. The third kappa shape index (κ3) is 3.91. The van der Waals surface area contributed by atoms with Gasteiger partial charge in [0.05, 0.1) is 14.2 Å². The van der Waals surface area contributed by atoms with E-state index in [0.717, 1.165) is 24.9 Å². The van der Waals surface area contributed by atoms with Gasteiger partial charge < -0.3 is 14.6 Å². The van der Waals surface area contributed by atoms with E-state index in [1.54, 1.807) is 26.4 Å². The van der Waals surface area contributed by atoms with Gasteiger partial charge in [-0.25, -0.2) is 0 Å². The smallest absolute Gasteiger partial charge is 0.161 e. The number of nitrogens with one attached hydrogen (secondary N) is 1. The molecular formula is C13H21NO3. The van der Waals surface area contributed by atoms with Gasteiger partial charge in [-0.15, -0.1) is 0 Å². The predicted molar refractivity (Wildman–Crippen MR) is 67.4 cm³/mol. The third-order valence-electron chi connectivity index (χ3n) is 2.59. The topological polar surface area (TPSA) is 50.7 Å². The Balaban J connectivity index is 2.70. The molecule has 0 bridgehead atoms. The number of hydrogen-bond donors (Lipinski definition) is 2. The Labute approximate surface area is 103 Å². The highest BCUT2D eigenvalue weighted by atomic mass is 16.5. The van der Waals surface area contributed by atoms with Gasteiger partial charge in [-0.2, -0.15) is 0 Å². The molecule has 0 aliphatic rings. The second-order valence-corrected chi connectivity index (χ2v) is 3.82. The molecular weight excluding hydrogens is 218 g/mol. The number of aliphatic hydroxyl groups excluding tert-OH is 1. The van der Waals surface area contributed by atoms with Gasteiger partial charge in [0.2, 0.25) is 0 Å². The number of ether oxygens (including phenoxy) is 2. The van der Waals surface area contributed by atoms with Gasteiger partial charge in [0.15, 0.2) is 11.5 Å². The molecule has 0 aliphatic carbocycles. The molecule has 1 aromatic rings. The highest BCUT2D eigenvalue weighted by molar-refractivity contribution is 5.43. The molecule has 1 rings (SSSR count). The lowest BCUT2D eigenvalue weighted by Crippen LogP contribution is -2.21. The van der Waals surface area contributed by atoms with Crippen LogP contribution in [0.2, 0.25) is 0 Å². The third-order valence-corrected chi connectivity index (χ3v) is 2.59. The normalized spacial score (nSPS) is 12.2. The zero-order chi connectivity index (χ0) is 12.7. The number of aliphatic hydroxyl groups is 1. The summed E-state index contributed by atoms with van der Waals surface area (Å²) in [5, 5.41) is 13.0. The summed E-state index contributed by atoms with van der Waals surface area (Å²) in [6, 6.07) is 5.40. The molecule has 0 spiro atoms. The van der Waals surface area contributed by atoms with Crippen molar-refractivity contribution in [1.82, 2.24) is 5.32 Å². The number of hydrogen-bond acceptors (Lipinski definition) is 4. The van der Waals surface area contributed by atoms with Crippen molar-refractivity contribution < 1.29 is 14.6 Å². The minimum atomic E-state index is -0.665. The highest BCUT2D eigenvalue weighted by Crippen LogP contribution is 2.29.